The summed E-state index contributed by atoms with van der Waals surface area (Å²) >= 11 is 0. The summed E-state index contributed by atoms with van der Waals surface area (Å²) < 4.78 is 10.3. The van der Waals surface area contributed by atoms with Gasteiger partial charge in [-0.05, 0) is 24.0 Å². The maximum absolute atomic E-state index is 11.2. The van der Waals surface area contributed by atoms with Gasteiger partial charge < -0.3 is 19.7 Å². The first-order valence-electron chi connectivity index (χ1n) is 6.78. The molecule has 0 amide bonds. The van der Waals surface area contributed by atoms with E-state index in [9.17, 15) is 14.7 Å². The fourth-order valence-electron chi connectivity index (χ4n) is 2.51. The van der Waals surface area contributed by atoms with Crippen LogP contribution in [-0.4, -0.2) is 41.7 Å². The van der Waals surface area contributed by atoms with Gasteiger partial charge in [-0.2, -0.15) is 0 Å². The van der Waals surface area contributed by atoms with Gasteiger partial charge in [-0.15, -0.1) is 0 Å². The second-order valence-corrected chi connectivity index (χ2v) is 5.04. The zero-order chi connectivity index (χ0) is 15.2. The number of ether oxygens (including phenoxy) is 2. The predicted octanol–water partition coefficient (Wildman–Crippen LogP) is 1.32. The summed E-state index contributed by atoms with van der Waals surface area (Å²) in [4.78, 5) is 21.9. The molecule has 0 aromatic heterocycles. The van der Waals surface area contributed by atoms with Gasteiger partial charge in [-0.1, -0.05) is 24.3 Å². The van der Waals surface area contributed by atoms with Crippen molar-refractivity contribution in [2.45, 2.75) is 25.4 Å². The molecule has 1 aromatic rings. The maximum Gasteiger partial charge on any atom is 0.333 e. The molecule has 0 spiro atoms. The van der Waals surface area contributed by atoms with Gasteiger partial charge in [0.1, 0.15) is 6.79 Å². The average molecular weight is 294 g/mol. The van der Waals surface area contributed by atoms with E-state index in [0.29, 0.717) is 19.4 Å². The van der Waals surface area contributed by atoms with Gasteiger partial charge in [-0.3, -0.25) is 4.79 Å². The van der Waals surface area contributed by atoms with Crippen LogP contribution >= 0.6 is 0 Å². The molecular weight excluding hydrogens is 276 g/mol. The van der Waals surface area contributed by atoms with Crippen LogP contribution in [0.3, 0.4) is 0 Å². The van der Waals surface area contributed by atoms with Crippen LogP contribution in [0.15, 0.2) is 24.3 Å². The zero-order valence-electron chi connectivity index (χ0n) is 11.5. The van der Waals surface area contributed by atoms with Crippen molar-refractivity contribution in [1.29, 1.82) is 0 Å². The van der Waals surface area contributed by atoms with Crippen molar-refractivity contribution >= 4 is 11.9 Å². The van der Waals surface area contributed by atoms with E-state index < -0.39 is 18.0 Å². The summed E-state index contributed by atoms with van der Waals surface area (Å²) in [7, 11) is 0. The summed E-state index contributed by atoms with van der Waals surface area (Å²) in [5.74, 6) is -2.12. The van der Waals surface area contributed by atoms with Crippen LogP contribution in [0.5, 0.6) is 0 Å². The van der Waals surface area contributed by atoms with Gasteiger partial charge in [-0.25, -0.2) is 4.79 Å². The largest absolute Gasteiger partial charge is 0.481 e. The quantitative estimate of drug-likeness (QED) is 0.822. The molecule has 2 N–H and O–H groups in total. The van der Waals surface area contributed by atoms with Crippen LogP contribution in [0.1, 0.15) is 17.5 Å². The lowest BCUT2D eigenvalue weighted by Gasteiger charge is -2.29. The fourth-order valence-corrected chi connectivity index (χ4v) is 2.51. The molecular formula is C15H18O6. The van der Waals surface area contributed by atoms with E-state index >= 15 is 0 Å². The molecule has 21 heavy (non-hydrogen) atoms. The summed E-state index contributed by atoms with van der Waals surface area (Å²) in [6, 6.07) is 7.48. The Labute approximate surface area is 122 Å². The Bertz CT molecular complexity index is 513. The number of hydrogen-bond acceptors (Lipinski definition) is 4. The fraction of sp³-hybridized carbons (Fsp3) is 0.467. The van der Waals surface area contributed by atoms with Gasteiger partial charge in [0.05, 0.1) is 6.61 Å². The van der Waals surface area contributed by atoms with E-state index in [1.807, 2.05) is 24.3 Å². The Morgan fingerprint density at radius 1 is 1.19 bits per heavy atom. The standard InChI is InChI=1S/C15H18O6/c16-13(17)6-5-10-3-1-2-4-11(10)7-12-8-20-9-21-14(12)15(18)19/h1-4,12,14H,5-9H2,(H,16,17)(H,18,19)/t12-,14+/m0/s1. The van der Waals surface area contributed by atoms with Crippen molar-refractivity contribution < 1.29 is 29.3 Å². The van der Waals surface area contributed by atoms with E-state index in [1.54, 1.807) is 0 Å². The molecule has 114 valence electrons. The summed E-state index contributed by atoms with van der Waals surface area (Å²) in [5, 5.41) is 18.0. The van der Waals surface area contributed by atoms with Crippen molar-refractivity contribution in [1.82, 2.24) is 0 Å². The predicted molar refractivity (Wildman–Crippen MR) is 72.9 cm³/mol. The molecule has 0 unspecified atom stereocenters. The second kappa shape index (κ2) is 7.19. The number of carbonyl (C=O) groups is 2. The van der Waals surface area contributed by atoms with Gasteiger partial charge in [0.2, 0.25) is 0 Å². The molecule has 2 atom stereocenters. The van der Waals surface area contributed by atoms with Gasteiger partial charge in [0.25, 0.3) is 0 Å². The summed E-state index contributed by atoms with van der Waals surface area (Å²) in [6.45, 7) is 0.318. The molecule has 0 bridgehead atoms. The monoisotopic (exact) mass is 294 g/mol. The van der Waals surface area contributed by atoms with Crippen LogP contribution in [0.25, 0.3) is 0 Å². The third kappa shape index (κ3) is 4.27. The molecule has 0 radical (unpaired) electrons. The molecule has 1 saturated heterocycles. The molecule has 2 rings (SSSR count). The third-order valence-electron chi connectivity index (χ3n) is 3.54. The van der Waals surface area contributed by atoms with E-state index in [2.05, 4.69) is 0 Å². The first kappa shape index (κ1) is 15.5. The molecule has 1 aromatic carbocycles. The van der Waals surface area contributed by atoms with Crippen LogP contribution in [-0.2, 0) is 31.9 Å². The molecule has 6 nitrogen and oxygen atoms in total. The van der Waals surface area contributed by atoms with Crippen LogP contribution in [0.2, 0.25) is 0 Å². The van der Waals surface area contributed by atoms with E-state index in [0.717, 1.165) is 11.1 Å². The Hall–Kier alpha value is -1.92. The number of carboxylic acid groups (broad SMARTS) is 2. The Kier molecular flexibility index (Phi) is 5.30. The normalized spacial score (nSPS) is 21.9. The highest BCUT2D eigenvalue weighted by Crippen LogP contribution is 2.22. The lowest BCUT2D eigenvalue weighted by Crippen LogP contribution is -2.41. The highest BCUT2D eigenvalue weighted by atomic mass is 16.7. The maximum atomic E-state index is 11.2. The molecule has 1 aliphatic rings. The van der Waals surface area contributed by atoms with Crippen LogP contribution in [0, 0.1) is 5.92 Å². The van der Waals surface area contributed by atoms with Crippen LogP contribution in [0.4, 0.5) is 0 Å². The second-order valence-electron chi connectivity index (χ2n) is 5.04. The van der Waals surface area contributed by atoms with Crippen LogP contribution < -0.4 is 0 Å². The number of carboxylic acids is 2. The Balaban J connectivity index is 2.10. The molecule has 6 heteroatoms. The van der Waals surface area contributed by atoms with Crippen molar-refractivity contribution in [3.63, 3.8) is 0 Å². The van der Waals surface area contributed by atoms with Gasteiger partial charge in [0, 0.05) is 12.3 Å². The first-order valence-corrected chi connectivity index (χ1v) is 6.78. The third-order valence-corrected chi connectivity index (χ3v) is 3.54. The number of rotatable bonds is 6. The summed E-state index contributed by atoms with van der Waals surface area (Å²) in [5.41, 5.74) is 1.87. The SMILES string of the molecule is O=C(O)CCc1ccccc1C[C@H]1COCO[C@H]1C(=O)O. The highest BCUT2D eigenvalue weighted by molar-refractivity contribution is 5.73. The molecule has 1 fully saturated rings. The Morgan fingerprint density at radius 3 is 2.57 bits per heavy atom. The number of hydrogen-bond donors (Lipinski definition) is 2. The van der Waals surface area contributed by atoms with Crippen molar-refractivity contribution in [3.05, 3.63) is 35.4 Å². The minimum absolute atomic E-state index is 0.00583. The number of aryl methyl sites for hydroxylation is 1. The zero-order valence-corrected chi connectivity index (χ0v) is 11.5. The molecule has 0 saturated carbocycles. The molecule has 0 aliphatic carbocycles. The first-order chi connectivity index (χ1) is 10.1. The van der Waals surface area contributed by atoms with Crippen molar-refractivity contribution in [2.75, 3.05) is 13.4 Å². The lowest BCUT2D eigenvalue weighted by atomic mass is 9.90. The number of benzene rings is 1. The van der Waals surface area contributed by atoms with E-state index in [4.69, 9.17) is 14.6 Å². The van der Waals surface area contributed by atoms with Gasteiger partial charge in [0.15, 0.2) is 6.10 Å². The summed E-state index contributed by atoms with van der Waals surface area (Å²) in [6.07, 6.45) is 0.0906. The van der Waals surface area contributed by atoms with E-state index in [-0.39, 0.29) is 19.1 Å². The van der Waals surface area contributed by atoms with Crippen molar-refractivity contribution in [2.24, 2.45) is 5.92 Å². The van der Waals surface area contributed by atoms with Gasteiger partial charge >= 0.3 is 11.9 Å². The smallest absolute Gasteiger partial charge is 0.333 e. The minimum Gasteiger partial charge on any atom is -0.481 e. The Morgan fingerprint density at radius 2 is 1.90 bits per heavy atom. The topological polar surface area (TPSA) is 93.1 Å². The molecule has 1 aliphatic heterocycles. The highest BCUT2D eigenvalue weighted by Gasteiger charge is 2.33. The number of aliphatic carboxylic acids is 2. The lowest BCUT2D eigenvalue weighted by molar-refractivity contribution is -0.193. The molecule has 1 heterocycles. The van der Waals surface area contributed by atoms with E-state index in [1.165, 1.54) is 0 Å². The van der Waals surface area contributed by atoms with Crippen molar-refractivity contribution in [3.8, 4) is 0 Å². The minimum atomic E-state index is -0.994. The average Bonchev–Trinajstić information content (AvgIpc) is 2.46.